The third-order valence-corrected chi connectivity index (χ3v) is 9.13. The van der Waals surface area contributed by atoms with Crippen molar-refractivity contribution in [3.05, 3.63) is 95.1 Å². The second-order valence-electron chi connectivity index (χ2n) is 11.2. The molecule has 1 fully saturated rings. The molecule has 1 heterocycles. The molecule has 4 N–H and O–H groups in total. The second-order valence-corrected chi connectivity index (χ2v) is 12.9. The number of ether oxygens (including phenoxy) is 1. The van der Waals surface area contributed by atoms with E-state index < -0.39 is 28.1 Å². The van der Waals surface area contributed by atoms with Gasteiger partial charge in [-0.15, -0.1) is 0 Å². The maximum absolute atomic E-state index is 13.1. The summed E-state index contributed by atoms with van der Waals surface area (Å²) in [5.41, 5.74) is 3.42. The van der Waals surface area contributed by atoms with E-state index >= 15 is 0 Å². The fourth-order valence-corrected chi connectivity index (χ4v) is 6.28. The number of hydrogen-bond acceptors (Lipinski definition) is 7. The standard InChI is InChI=1S/C34H39N5O7S/c1-24(2)32(34(42)43)37-47(44,45)39-19-17-38(18-20-39)28-14-11-25(12-15-28)9-10-26-13-16-30(46-23-31(40)35-3)29(21-26)33(41)36-22-27-7-5-4-6-8-27/h4-8,11-16,21,24,32,37H,17-20,22-23H2,1-3H3,(H,35,40)(H,36,41)(H,42,43)/t32-/m1/s1. The van der Waals surface area contributed by atoms with Crippen molar-refractivity contribution in [1.82, 2.24) is 19.7 Å². The van der Waals surface area contributed by atoms with E-state index in [9.17, 15) is 27.9 Å². The van der Waals surface area contributed by atoms with E-state index in [0.717, 1.165) is 16.8 Å². The van der Waals surface area contributed by atoms with E-state index in [1.807, 2.05) is 54.6 Å². The van der Waals surface area contributed by atoms with Crippen molar-refractivity contribution < 1.29 is 32.6 Å². The van der Waals surface area contributed by atoms with Gasteiger partial charge in [0.1, 0.15) is 11.8 Å². The molecule has 248 valence electrons. The van der Waals surface area contributed by atoms with Crippen LogP contribution >= 0.6 is 0 Å². The van der Waals surface area contributed by atoms with Crippen LogP contribution in [0.4, 0.5) is 5.69 Å². The first kappa shape index (κ1) is 35.0. The van der Waals surface area contributed by atoms with Gasteiger partial charge in [-0.1, -0.05) is 56.0 Å². The molecule has 12 nitrogen and oxygen atoms in total. The lowest BCUT2D eigenvalue weighted by molar-refractivity contribution is -0.140. The Labute approximate surface area is 275 Å². The number of piperazine rings is 1. The minimum Gasteiger partial charge on any atom is -0.483 e. The molecule has 47 heavy (non-hydrogen) atoms. The number of carbonyl (C=O) groups excluding carboxylic acids is 2. The van der Waals surface area contributed by atoms with Gasteiger partial charge in [0.2, 0.25) is 0 Å². The van der Waals surface area contributed by atoms with Crippen LogP contribution in [0.1, 0.15) is 40.9 Å². The Morgan fingerprint density at radius 3 is 2.17 bits per heavy atom. The number of benzene rings is 3. The number of anilines is 1. The van der Waals surface area contributed by atoms with E-state index in [1.54, 1.807) is 32.0 Å². The van der Waals surface area contributed by atoms with Gasteiger partial charge in [0.15, 0.2) is 6.61 Å². The molecule has 13 heteroatoms. The molecule has 4 rings (SSSR count). The summed E-state index contributed by atoms with van der Waals surface area (Å²) >= 11 is 0. The highest BCUT2D eigenvalue weighted by Crippen LogP contribution is 2.22. The average Bonchev–Trinajstić information content (AvgIpc) is 3.08. The molecule has 2 amide bonds. The fraction of sp³-hybridized carbons (Fsp3) is 0.324. The normalized spacial score (nSPS) is 14.1. The summed E-state index contributed by atoms with van der Waals surface area (Å²) in [4.78, 5) is 38.4. The van der Waals surface area contributed by atoms with Crippen molar-refractivity contribution in [2.75, 3.05) is 44.7 Å². The van der Waals surface area contributed by atoms with Crippen LogP contribution < -0.4 is 25.0 Å². The Morgan fingerprint density at radius 2 is 1.55 bits per heavy atom. The minimum absolute atomic E-state index is 0.214. The van der Waals surface area contributed by atoms with Gasteiger partial charge < -0.3 is 25.4 Å². The van der Waals surface area contributed by atoms with Gasteiger partial charge in [0.25, 0.3) is 22.0 Å². The minimum atomic E-state index is -3.95. The molecule has 1 aliphatic rings. The van der Waals surface area contributed by atoms with Crippen LogP contribution in [0.25, 0.3) is 0 Å². The number of rotatable bonds is 12. The Bertz CT molecular complexity index is 1730. The van der Waals surface area contributed by atoms with Gasteiger partial charge in [0.05, 0.1) is 5.56 Å². The number of carboxylic acid groups (broad SMARTS) is 1. The number of nitrogens with one attached hydrogen (secondary N) is 3. The van der Waals surface area contributed by atoms with E-state index in [2.05, 4.69) is 32.1 Å². The number of nitrogens with zero attached hydrogens (tertiary/aromatic N) is 2. The summed E-state index contributed by atoms with van der Waals surface area (Å²) < 4.78 is 34.8. The Hall–Kier alpha value is -4.90. The summed E-state index contributed by atoms with van der Waals surface area (Å²) in [7, 11) is -2.44. The summed E-state index contributed by atoms with van der Waals surface area (Å²) in [6.45, 7) is 4.69. The molecule has 0 aromatic heterocycles. The Balaban J connectivity index is 1.41. The third-order valence-electron chi connectivity index (χ3n) is 7.53. The highest BCUT2D eigenvalue weighted by molar-refractivity contribution is 7.87. The topological polar surface area (TPSA) is 157 Å². The number of hydrogen-bond donors (Lipinski definition) is 4. The van der Waals surface area contributed by atoms with Gasteiger partial charge in [-0.2, -0.15) is 17.4 Å². The molecule has 0 spiro atoms. The molecule has 1 saturated heterocycles. The molecule has 3 aromatic rings. The van der Waals surface area contributed by atoms with E-state index in [0.29, 0.717) is 25.2 Å². The predicted molar refractivity (Wildman–Crippen MR) is 178 cm³/mol. The molecule has 1 atom stereocenters. The molecular formula is C34H39N5O7S. The van der Waals surface area contributed by atoms with Gasteiger partial charge in [-0.25, -0.2) is 0 Å². The summed E-state index contributed by atoms with van der Waals surface area (Å²) in [6.07, 6.45) is 0. The number of carbonyl (C=O) groups is 3. The van der Waals surface area contributed by atoms with Crippen LogP contribution in [0.5, 0.6) is 5.75 Å². The summed E-state index contributed by atoms with van der Waals surface area (Å²) in [5, 5.41) is 14.7. The highest BCUT2D eigenvalue weighted by Gasteiger charge is 2.33. The van der Waals surface area contributed by atoms with Crippen molar-refractivity contribution in [3.63, 3.8) is 0 Å². The average molecular weight is 662 g/mol. The second kappa shape index (κ2) is 16.1. The van der Waals surface area contributed by atoms with E-state index in [4.69, 9.17) is 4.74 Å². The number of likely N-dealkylation sites (N-methyl/N-ethyl adjacent to an activating group) is 1. The lowest BCUT2D eigenvalue weighted by Gasteiger charge is -2.36. The quantitative estimate of drug-likeness (QED) is 0.215. The zero-order valence-corrected chi connectivity index (χ0v) is 27.3. The van der Waals surface area contributed by atoms with Gasteiger partial charge >= 0.3 is 5.97 Å². The Kier molecular flexibility index (Phi) is 12.0. The number of amides is 2. The zero-order chi connectivity index (χ0) is 34.0. The largest absolute Gasteiger partial charge is 0.483 e. The van der Waals surface area contributed by atoms with Crippen LogP contribution in [0.3, 0.4) is 0 Å². The first-order chi connectivity index (χ1) is 22.5. The molecule has 0 aliphatic carbocycles. The molecule has 0 saturated carbocycles. The zero-order valence-electron chi connectivity index (χ0n) is 26.5. The van der Waals surface area contributed by atoms with Crippen molar-refractivity contribution in [2.24, 2.45) is 5.92 Å². The van der Waals surface area contributed by atoms with Gasteiger partial charge in [-0.05, 0) is 53.9 Å². The maximum atomic E-state index is 13.1. The molecule has 0 bridgehead atoms. The molecular weight excluding hydrogens is 622 g/mol. The molecule has 0 unspecified atom stereocenters. The van der Waals surface area contributed by atoms with Gasteiger partial charge in [-0.3, -0.25) is 14.4 Å². The smallest absolute Gasteiger partial charge is 0.322 e. The molecule has 1 aliphatic heterocycles. The molecule has 0 radical (unpaired) electrons. The van der Waals surface area contributed by atoms with Crippen LogP contribution in [0.2, 0.25) is 0 Å². The van der Waals surface area contributed by atoms with Crippen LogP contribution in [-0.2, 0) is 26.3 Å². The first-order valence-electron chi connectivity index (χ1n) is 15.1. The van der Waals surface area contributed by atoms with Crippen molar-refractivity contribution >= 4 is 33.7 Å². The van der Waals surface area contributed by atoms with Gasteiger partial charge in [0, 0.05) is 56.6 Å². The Morgan fingerprint density at radius 1 is 0.915 bits per heavy atom. The van der Waals surface area contributed by atoms with E-state index in [-0.39, 0.29) is 42.8 Å². The summed E-state index contributed by atoms with van der Waals surface area (Å²) in [6, 6.07) is 20.8. The first-order valence-corrected chi connectivity index (χ1v) is 16.6. The van der Waals surface area contributed by atoms with E-state index in [1.165, 1.54) is 11.4 Å². The maximum Gasteiger partial charge on any atom is 0.322 e. The number of carboxylic acids is 1. The van der Waals surface area contributed by atoms with Crippen molar-refractivity contribution in [2.45, 2.75) is 26.4 Å². The lowest BCUT2D eigenvalue weighted by atomic mass is 10.1. The fourth-order valence-electron chi connectivity index (χ4n) is 4.79. The lowest BCUT2D eigenvalue weighted by Crippen LogP contribution is -2.55. The van der Waals surface area contributed by atoms with Crippen molar-refractivity contribution in [1.29, 1.82) is 0 Å². The number of aliphatic carboxylic acids is 1. The SMILES string of the molecule is CNC(=O)COc1ccc(C#Cc2ccc(N3CCN(S(=O)(=O)N[C@@H](C(=O)O)C(C)C)CC3)cc2)cc1C(=O)NCc1ccccc1. The predicted octanol–water partition coefficient (Wildman–Crippen LogP) is 2.21. The van der Waals surface area contributed by atoms with Crippen LogP contribution in [-0.4, -0.2) is 81.5 Å². The van der Waals surface area contributed by atoms with Crippen LogP contribution in [0.15, 0.2) is 72.8 Å². The molecule has 3 aromatic carbocycles. The third kappa shape index (κ3) is 9.79. The summed E-state index contributed by atoms with van der Waals surface area (Å²) in [5.74, 6) is 4.16. The monoisotopic (exact) mass is 661 g/mol. The van der Waals surface area contributed by atoms with Crippen LogP contribution in [0, 0.1) is 17.8 Å². The van der Waals surface area contributed by atoms with Crippen molar-refractivity contribution in [3.8, 4) is 17.6 Å². The highest BCUT2D eigenvalue weighted by atomic mass is 32.2.